The van der Waals surface area contributed by atoms with Crippen LogP contribution in [0.1, 0.15) is 22.5 Å². The molecule has 0 radical (unpaired) electrons. The Bertz CT molecular complexity index is 900. The summed E-state index contributed by atoms with van der Waals surface area (Å²) in [6, 6.07) is 7.48. The minimum absolute atomic E-state index is 0.0178. The highest BCUT2D eigenvalue weighted by Crippen LogP contribution is 2.14. The third kappa shape index (κ3) is 5.40. The fraction of sp³-hybridized carbons (Fsp3) is 0.389. The summed E-state index contributed by atoms with van der Waals surface area (Å²) in [6.45, 7) is 0.660. The minimum Gasteiger partial charge on any atom is -0.497 e. The number of hydrogen-bond donors (Lipinski definition) is 2. The van der Waals surface area contributed by atoms with Crippen LogP contribution in [-0.2, 0) is 16.3 Å². The van der Waals surface area contributed by atoms with Gasteiger partial charge in [-0.25, -0.2) is 18.4 Å². The standard InChI is InChI=1S/C18H22N4O4S/c1-26-15-4-2-3-13(9-15)5-7-19-17-11-20-16(10-21-17)18(23)22-14-6-8-27(24,25)12-14/h2-4,9-11,14H,5-8,12H2,1H3,(H,19,21)(H,22,23). The van der Waals surface area contributed by atoms with Crippen molar-refractivity contribution in [1.29, 1.82) is 0 Å². The highest BCUT2D eigenvalue weighted by molar-refractivity contribution is 7.91. The molecular weight excluding hydrogens is 368 g/mol. The number of carbonyl (C=O) groups is 1. The van der Waals surface area contributed by atoms with E-state index in [0.29, 0.717) is 18.8 Å². The van der Waals surface area contributed by atoms with Crippen molar-refractivity contribution in [3.63, 3.8) is 0 Å². The summed E-state index contributed by atoms with van der Waals surface area (Å²) in [6.07, 6.45) is 4.10. The summed E-state index contributed by atoms with van der Waals surface area (Å²) in [5, 5.41) is 5.85. The fourth-order valence-electron chi connectivity index (χ4n) is 2.87. The molecule has 144 valence electrons. The van der Waals surface area contributed by atoms with E-state index in [1.165, 1.54) is 12.4 Å². The van der Waals surface area contributed by atoms with Crippen molar-refractivity contribution in [2.75, 3.05) is 30.5 Å². The van der Waals surface area contributed by atoms with Crippen LogP contribution >= 0.6 is 0 Å². The van der Waals surface area contributed by atoms with E-state index in [2.05, 4.69) is 20.6 Å². The molecule has 1 unspecified atom stereocenters. The van der Waals surface area contributed by atoms with Crippen molar-refractivity contribution in [3.05, 3.63) is 47.9 Å². The van der Waals surface area contributed by atoms with Gasteiger partial charge in [0.1, 0.15) is 17.3 Å². The molecule has 1 aliphatic heterocycles. The van der Waals surface area contributed by atoms with Crippen LogP contribution < -0.4 is 15.4 Å². The Hall–Kier alpha value is -2.68. The molecule has 2 heterocycles. The van der Waals surface area contributed by atoms with Crippen LogP contribution in [-0.4, -0.2) is 55.5 Å². The number of sulfone groups is 1. The molecule has 27 heavy (non-hydrogen) atoms. The molecule has 9 heteroatoms. The number of rotatable bonds is 7. The SMILES string of the molecule is COc1cccc(CCNc2cnc(C(=O)NC3CCS(=O)(=O)C3)cn2)c1. The predicted octanol–water partition coefficient (Wildman–Crippen LogP) is 1.06. The van der Waals surface area contributed by atoms with Crippen LogP contribution in [0.15, 0.2) is 36.7 Å². The summed E-state index contributed by atoms with van der Waals surface area (Å²) in [4.78, 5) is 20.4. The van der Waals surface area contributed by atoms with Gasteiger partial charge in [-0.2, -0.15) is 0 Å². The molecule has 1 amide bonds. The summed E-state index contributed by atoms with van der Waals surface area (Å²) in [7, 11) is -1.40. The Kier molecular flexibility index (Phi) is 5.90. The molecule has 0 aliphatic carbocycles. The summed E-state index contributed by atoms with van der Waals surface area (Å²) in [5.41, 5.74) is 1.30. The first kappa shape index (κ1) is 19.1. The number of aromatic nitrogens is 2. The van der Waals surface area contributed by atoms with Gasteiger partial charge < -0.3 is 15.4 Å². The summed E-state index contributed by atoms with van der Waals surface area (Å²) >= 11 is 0. The molecule has 0 bridgehead atoms. The van der Waals surface area contributed by atoms with Gasteiger partial charge in [-0.15, -0.1) is 0 Å². The number of carbonyl (C=O) groups excluding carboxylic acids is 1. The van der Waals surface area contributed by atoms with Crippen LogP contribution in [0.2, 0.25) is 0 Å². The fourth-order valence-corrected chi connectivity index (χ4v) is 4.54. The molecule has 0 saturated carbocycles. The highest BCUT2D eigenvalue weighted by atomic mass is 32.2. The molecule has 2 N–H and O–H groups in total. The lowest BCUT2D eigenvalue weighted by Gasteiger charge is -2.10. The van der Waals surface area contributed by atoms with Crippen molar-refractivity contribution in [1.82, 2.24) is 15.3 Å². The highest BCUT2D eigenvalue weighted by Gasteiger charge is 2.29. The molecule has 3 rings (SSSR count). The Morgan fingerprint density at radius 2 is 2.15 bits per heavy atom. The van der Waals surface area contributed by atoms with Gasteiger partial charge in [0.15, 0.2) is 9.84 Å². The molecular formula is C18H22N4O4S. The number of methoxy groups -OCH3 is 1. The zero-order valence-corrected chi connectivity index (χ0v) is 15.8. The van der Waals surface area contributed by atoms with Crippen LogP contribution in [0.5, 0.6) is 5.75 Å². The average Bonchev–Trinajstić information content (AvgIpc) is 3.00. The Morgan fingerprint density at radius 1 is 1.30 bits per heavy atom. The Balaban J connectivity index is 1.49. The largest absolute Gasteiger partial charge is 0.497 e. The lowest BCUT2D eigenvalue weighted by atomic mass is 10.1. The number of nitrogens with zero attached hydrogens (tertiary/aromatic N) is 2. The molecule has 1 aromatic heterocycles. The lowest BCUT2D eigenvalue weighted by molar-refractivity contribution is 0.0935. The molecule has 1 saturated heterocycles. The van der Waals surface area contributed by atoms with Gasteiger partial charge in [0, 0.05) is 12.6 Å². The monoisotopic (exact) mass is 390 g/mol. The van der Waals surface area contributed by atoms with Gasteiger partial charge in [-0.1, -0.05) is 12.1 Å². The van der Waals surface area contributed by atoms with Crippen LogP contribution in [0.4, 0.5) is 5.82 Å². The lowest BCUT2D eigenvalue weighted by Crippen LogP contribution is -2.36. The number of hydrogen-bond acceptors (Lipinski definition) is 7. The van der Waals surface area contributed by atoms with Gasteiger partial charge in [0.05, 0.1) is 31.0 Å². The van der Waals surface area contributed by atoms with E-state index < -0.39 is 15.7 Å². The number of amides is 1. The molecule has 2 aromatic rings. The van der Waals surface area contributed by atoms with Gasteiger partial charge in [-0.05, 0) is 30.5 Å². The Labute approximate surface area is 158 Å². The second-order valence-corrected chi connectivity index (χ2v) is 8.62. The van der Waals surface area contributed by atoms with E-state index in [1.54, 1.807) is 7.11 Å². The smallest absolute Gasteiger partial charge is 0.271 e. The van der Waals surface area contributed by atoms with Crippen molar-refractivity contribution in [2.45, 2.75) is 18.9 Å². The molecule has 1 aliphatic rings. The zero-order valence-electron chi connectivity index (χ0n) is 15.0. The normalized spacial score (nSPS) is 18.0. The van der Waals surface area contributed by atoms with Crippen LogP contribution in [0, 0.1) is 0 Å². The van der Waals surface area contributed by atoms with Gasteiger partial charge in [0.25, 0.3) is 5.91 Å². The second-order valence-electron chi connectivity index (χ2n) is 6.39. The van der Waals surface area contributed by atoms with Gasteiger partial charge >= 0.3 is 0 Å². The van der Waals surface area contributed by atoms with E-state index in [-0.39, 0.29) is 23.2 Å². The average molecular weight is 390 g/mol. The van der Waals surface area contributed by atoms with Crippen molar-refractivity contribution in [3.8, 4) is 5.75 Å². The maximum atomic E-state index is 12.1. The third-order valence-corrected chi connectivity index (χ3v) is 6.07. The summed E-state index contributed by atoms with van der Waals surface area (Å²) in [5.74, 6) is 1.07. The first-order chi connectivity index (χ1) is 12.9. The van der Waals surface area contributed by atoms with Crippen molar-refractivity contribution in [2.24, 2.45) is 0 Å². The quantitative estimate of drug-likeness (QED) is 0.727. The molecule has 1 fully saturated rings. The van der Waals surface area contributed by atoms with Crippen molar-refractivity contribution >= 4 is 21.6 Å². The third-order valence-electron chi connectivity index (χ3n) is 4.31. The first-order valence-electron chi connectivity index (χ1n) is 8.65. The van der Waals surface area contributed by atoms with E-state index in [1.807, 2.05) is 24.3 Å². The Morgan fingerprint density at radius 3 is 2.81 bits per heavy atom. The predicted molar refractivity (Wildman–Crippen MR) is 102 cm³/mol. The number of ether oxygens (including phenoxy) is 1. The maximum absolute atomic E-state index is 12.1. The zero-order chi connectivity index (χ0) is 19.3. The van der Waals surface area contributed by atoms with E-state index in [0.717, 1.165) is 17.7 Å². The van der Waals surface area contributed by atoms with E-state index in [4.69, 9.17) is 4.74 Å². The van der Waals surface area contributed by atoms with Gasteiger partial charge in [0.2, 0.25) is 0 Å². The number of anilines is 1. The van der Waals surface area contributed by atoms with E-state index in [9.17, 15) is 13.2 Å². The topological polar surface area (TPSA) is 110 Å². The van der Waals surface area contributed by atoms with E-state index >= 15 is 0 Å². The van der Waals surface area contributed by atoms with Crippen LogP contribution in [0.3, 0.4) is 0 Å². The van der Waals surface area contributed by atoms with Crippen molar-refractivity contribution < 1.29 is 17.9 Å². The molecule has 0 spiro atoms. The number of benzene rings is 1. The number of nitrogens with one attached hydrogen (secondary N) is 2. The maximum Gasteiger partial charge on any atom is 0.271 e. The summed E-state index contributed by atoms with van der Waals surface area (Å²) < 4.78 is 28.1. The molecule has 1 atom stereocenters. The second kappa shape index (κ2) is 8.34. The van der Waals surface area contributed by atoms with Gasteiger partial charge in [-0.3, -0.25) is 4.79 Å². The first-order valence-corrected chi connectivity index (χ1v) is 10.5. The minimum atomic E-state index is -3.04. The molecule has 1 aromatic carbocycles. The van der Waals surface area contributed by atoms with Crippen LogP contribution in [0.25, 0.3) is 0 Å². The molecule has 8 nitrogen and oxygen atoms in total.